The number of hydrogen-bond acceptors (Lipinski definition) is 3. The van der Waals surface area contributed by atoms with Crippen molar-refractivity contribution in [1.29, 1.82) is 0 Å². The largest absolute Gasteiger partial charge is 0.482 e. The van der Waals surface area contributed by atoms with Crippen molar-refractivity contribution >= 4 is 29.1 Å². The highest BCUT2D eigenvalue weighted by Crippen LogP contribution is 2.27. The number of likely N-dealkylation sites (N-methyl/N-ethyl adjacent to an activating group) is 1. The van der Waals surface area contributed by atoms with E-state index in [-0.39, 0.29) is 12.5 Å². The molecule has 0 saturated heterocycles. The summed E-state index contributed by atoms with van der Waals surface area (Å²) in [7, 11) is 1.69. The lowest BCUT2D eigenvalue weighted by atomic mass is 10.3. The zero-order chi connectivity index (χ0) is 15.4. The minimum atomic E-state index is -0.171. The van der Waals surface area contributed by atoms with Gasteiger partial charge in [0, 0.05) is 24.0 Å². The summed E-state index contributed by atoms with van der Waals surface area (Å²) >= 11 is 11.8. The normalized spacial score (nSPS) is 10.5. The minimum Gasteiger partial charge on any atom is -0.482 e. The number of aromatic nitrogens is 2. The summed E-state index contributed by atoms with van der Waals surface area (Å²) in [6, 6.07) is 4.86. The quantitative estimate of drug-likeness (QED) is 0.918. The zero-order valence-corrected chi connectivity index (χ0v) is 13.2. The van der Waals surface area contributed by atoms with E-state index in [9.17, 15) is 4.79 Å². The highest BCUT2D eigenvalue weighted by atomic mass is 35.5. The minimum absolute atomic E-state index is 0.0997. The third kappa shape index (κ3) is 4.37. The van der Waals surface area contributed by atoms with E-state index in [2.05, 4.69) is 9.97 Å². The van der Waals surface area contributed by atoms with Crippen LogP contribution < -0.4 is 4.74 Å². The molecule has 5 nitrogen and oxygen atoms in total. The maximum Gasteiger partial charge on any atom is 0.260 e. The van der Waals surface area contributed by atoms with E-state index in [4.69, 9.17) is 27.9 Å². The number of imidazole rings is 1. The summed E-state index contributed by atoms with van der Waals surface area (Å²) < 4.78 is 5.41. The first-order chi connectivity index (χ1) is 9.95. The Hall–Kier alpha value is -1.72. The first-order valence-electron chi connectivity index (χ1n) is 6.28. The number of carbonyl (C=O) groups is 1. The van der Waals surface area contributed by atoms with Crippen molar-refractivity contribution in [2.75, 3.05) is 13.7 Å². The number of nitrogens with one attached hydrogen (secondary N) is 1. The lowest BCUT2D eigenvalue weighted by molar-refractivity contribution is -0.132. The van der Waals surface area contributed by atoms with Crippen LogP contribution in [0.3, 0.4) is 0 Å². The van der Waals surface area contributed by atoms with E-state index in [1.165, 1.54) is 4.90 Å². The van der Waals surface area contributed by atoms with E-state index in [1.807, 2.05) is 6.92 Å². The molecule has 2 rings (SSSR count). The molecule has 1 amide bonds. The summed E-state index contributed by atoms with van der Waals surface area (Å²) in [5.41, 5.74) is 0.954. The number of nitrogens with zero attached hydrogens (tertiary/aromatic N) is 2. The van der Waals surface area contributed by atoms with Crippen molar-refractivity contribution in [2.45, 2.75) is 13.5 Å². The zero-order valence-electron chi connectivity index (χ0n) is 11.7. The first kappa shape index (κ1) is 15.7. The third-order valence-corrected chi connectivity index (χ3v) is 3.34. The van der Waals surface area contributed by atoms with Crippen LogP contribution in [0.25, 0.3) is 0 Å². The van der Waals surface area contributed by atoms with E-state index < -0.39 is 0 Å². The highest BCUT2D eigenvalue weighted by molar-refractivity contribution is 6.35. The first-order valence-corrected chi connectivity index (χ1v) is 7.03. The maximum atomic E-state index is 12.0. The van der Waals surface area contributed by atoms with Crippen molar-refractivity contribution in [3.63, 3.8) is 0 Å². The van der Waals surface area contributed by atoms with Gasteiger partial charge in [0.2, 0.25) is 0 Å². The molecule has 0 atom stereocenters. The third-order valence-electron chi connectivity index (χ3n) is 2.81. The summed E-state index contributed by atoms with van der Waals surface area (Å²) in [6.07, 6.45) is 1.72. The predicted octanol–water partition coefficient (Wildman–Crippen LogP) is 3.06. The molecule has 1 aromatic heterocycles. The fourth-order valence-corrected chi connectivity index (χ4v) is 2.17. The summed E-state index contributed by atoms with van der Waals surface area (Å²) in [4.78, 5) is 20.7. The maximum absolute atomic E-state index is 12.0. The van der Waals surface area contributed by atoms with Crippen LogP contribution >= 0.6 is 23.2 Å². The van der Waals surface area contributed by atoms with Gasteiger partial charge in [-0.05, 0) is 25.1 Å². The molecule has 0 aliphatic carbocycles. The van der Waals surface area contributed by atoms with E-state index in [0.717, 1.165) is 11.5 Å². The molecule has 7 heteroatoms. The number of ether oxygens (including phenoxy) is 1. The number of benzene rings is 1. The molecule has 1 N–H and O–H groups in total. The molecular weight excluding hydrogens is 313 g/mol. The molecule has 0 saturated carbocycles. The van der Waals surface area contributed by atoms with Gasteiger partial charge in [-0.15, -0.1) is 0 Å². The molecule has 0 unspecified atom stereocenters. The van der Waals surface area contributed by atoms with Gasteiger partial charge in [-0.3, -0.25) is 4.79 Å². The van der Waals surface area contributed by atoms with Crippen molar-refractivity contribution < 1.29 is 9.53 Å². The summed E-state index contributed by atoms with van der Waals surface area (Å²) in [5.74, 6) is 0.986. The van der Waals surface area contributed by atoms with Crippen LogP contribution in [0, 0.1) is 6.92 Å². The predicted molar refractivity (Wildman–Crippen MR) is 81.8 cm³/mol. The van der Waals surface area contributed by atoms with Crippen LogP contribution in [-0.4, -0.2) is 34.4 Å². The molecule has 0 aliphatic rings. The van der Waals surface area contributed by atoms with E-state index >= 15 is 0 Å². The lowest BCUT2D eigenvalue weighted by Gasteiger charge is -2.16. The second-order valence-electron chi connectivity index (χ2n) is 4.63. The molecule has 2 aromatic rings. The van der Waals surface area contributed by atoms with Gasteiger partial charge in [0.05, 0.1) is 11.6 Å². The Labute approximate surface area is 132 Å². The van der Waals surface area contributed by atoms with E-state index in [1.54, 1.807) is 31.4 Å². The Morgan fingerprint density at radius 3 is 2.81 bits per heavy atom. The van der Waals surface area contributed by atoms with Crippen molar-refractivity contribution in [1.82, 2.24) is 14.9 Å². The fourth-order valence-electron chi connectivity index (χ4n) is 1.70. The van der Waals surface area contributed by atoms with Crippen LogP contribution in [0.15, 0.2) is 24.4 Å². The van der Waals surface area contributed by atoms with Gasteiger partial charge in [0.25, 0.3) is 5.91 Å². The van der Waals surface area contributed by atoms with Gasteiger partial charge in [-0.1, -0.05) is 23.2 Å². The molecule has 21 heavy (non-hydrogen) atoms. The van der Waals surface area contributed by atoms with Crippen molar-refractivity contribution in [3.8, 4) is 5.75 Å². The fraction of sp³-hybridized carbons (Fsp3) is 0.286. The number of amides is 1. The SMILES string of the molecule is Cc1cnc(CN(C)C(=O)COc2ccc(Cl)cc2Cl)[nH]1. The van der Waals surface area contributed by atoms with Crippen LogP contribution in [0.1, 0.15) is 11.5 Å². The Kier molecular flexibility index (Phi) is 5.09. The lowest BCUT2D eigenvalue weighted by Crippen LogP contribution is -2.31. The van der Waals surface area contributed by atoms with Crippen LogP contribution in [0.2, 0.25) is 10.0 Å². The molecule has 0 spiro atoms. The molecule has 1 heterocycles. The van der Waals surface area contributed by atoms with Crippen molar-refractivity contribution in [2.24, 2.45) is 0 Å². The Balaban J connectivity index is 1.89. The topological polar surface area (TPSA) is 58.2 Å². The number of halogens is 2. The second-order valence-corrected chi connectivity index (χ2v) is 5.47. The highest BCUT2D eigenvalue weighted by Gasteiger charge is 2.12. The monoisotopic (exact) mass is 327 g/mol. The molecule has 0 bridgehead atoms. The van der Waals surface area contributed by atoms with Crippen LogP contribution in [0.5, 0.6) is 5.75 Å². The molecule has 112 valence electrons. The second kappa shape index (κ2) is 6.83. The smallest absolute Gasteiger partial charge is 0.260 e. The van der Waals surface area contributed by atoms with Gasteiger partial charge in [0.1, 0.15) is 11.6 Å². The van der Waals surface area contributed by atoms with Crippen LogP contribution in [0.4, 0.5) is 0 Å². The average Bonchev–Trinajstić information content (AvgIpc) is 2.82. The van der Waals surface area contributed by atoms with Gasteiger partial charge in [0.15, 0.2) is 6.61 Å². The standard InChI is InChI=1S/C14H15Cl2N3O2/c1-9-6-17-13(18-9)7-19(2)14(20)8-21-12-4-3-10(15)5-11(12)16/h3-6H,7-8H2,1-2H3,(H,17,18). The average molecular weight is 328 g/mol. The van der Waals surface area contributed by atoms with Crippen molar-refractivity contribution in [3.05, 3.63) is 46.0 Å². The Morgan fingerprint density at radius 2 is 2.19 bits per heavy atom. The Morgan fingerprint density at radius 1 is 1.43 bits per heavy atom. The summed E-state index contributed by atoms with van der Waals surface area (Å²) in [5, 5.41) is 0.892. The van der Waals surface area contributed by atoms with Gasteiger partial charge in [-0.25, -0.2) is 4.98 Å². The number of rotatable bonds is 5. The molecule has 1 aromatic carbocycles. The summed E-state index contributed by atoms with van der Waals surface area (Å²) in [6.45, 7) is 2.20. The van der Waals surface area contributed by atoms with E-state index in [0.29, 0.717) is 22.3 Å². The van der Waals surface area contributed by atoms with Crippen LogP contribution in [-0.2, 0) is 11.3 Å². The molecular formula is C14H15Cl2N3O2. The number of hydrogen-bond donors (Lipinski definition) is 1. The molecule has 0 radical (unpaired) electrons. The number of carbonyl (C=O) groups excluding carboxylic acids is 1. The van der Waals surface area contributed by atoms with Gasteiger partial charge < -0.3 is 14.6 Å². The molecule has 0 fully saturated rings. The molecule has 0 aliphatic heterocycles. The van der Waals surface area contributed by atoms with Gasteiger partial charge >= 0.3 is 0 Å². The number of aromatic amines is 1. The Bertz CT molecular complexity index is 643. The number of H-pyrrole nitrogens is 1. The van der Waals surface area contributed by atoms with Gasteiger partial charge in [-0.2, -0.15) is 0 Å². The number of aryl methyl sites for hydroxylation is 1.